The topological polar surface area (TPSA) is 74.2 Å². The molecule has 0 aliphatic carbocycles. The van der Waals surface area contributed by atoms with E-state index in [1.807, 2.05) is 78.9 Å². The first kappa shape index (κ1) is 23.3. The summed E-state index contributed by atoms with van der Waals surface area (Å²) in [5.74, 6) is 0.938. The number of rotatable bonds is 10. The van der Waals surface area contributed by atoms with Crippen molar-refractivity contribution in [2.45, 2.75) is 18.1 Å². The van der Waals surface area contributed by atoms with Crippen molar-refractivity contribution in [2.24, 2.45) is 0 Å². The van der Waals surface area contributed by atoms with Gasteiger partial charge in [-0.25, -0.2) is 0 Å². The van der Waals surface area contributed by atoms with Crippen LogP contribution in [-0.4, -0.2) is 45.1 Å². The lowest BCUT2D eigenvalue weighted by atomic mass is 9.80. The highest BCUT2D eigenvalue weighted by Crippen LogP contribution is 2.41. The van der Waals surface area contributed by atoms with Crippen LogP contribution >= 0.6 is 0 Å². The molecular formula is C26H28O6. The molecule has 0 heterocycles. The number of aliphatic hydroxyl groups is 1. The second-order valence-corrected chi connectivity index (χ2v) is 7.25. The van der Waals surface area contributed by atoms with Crippen LogP contribution in [0.1, 0.15) is 23.1 Å². The van der Waals surface area contributed by atoms with Crippen molar-refractivity contribution in [3.05, 3.63) is 95.6 Å². The molecule has 0 aromatic heterocycles. The van der Waals surface area contributed by atoms with Gasteiger partial charge in [0.25, 0.3) is 0 Å². The van der Waals surface area contributed by atoms with Gasteiger partial charge in [-0.3, -0.25) is 4.79 Å². The van der Waals surface area contributed by atoms with E-state index >= 15 is 0 Å². The monoisotopic (exact) mass is 436 g/mol. The number of methoxy groups -OCH3 is 3. The fourth-order valence-corrected chi connectivity index (χ4v) is 3.63. The van der Waals surface area contributed by atoms with E-state index in [0.717, 1.165) is 28.2 Å². The molecule has 0 saturated carbocycles. The zero-order valence-electron chi connectivity index (χ0n) is 18.5. The molecule has 0 unspecified atom stereocenters. The fourth-order valence-electron chi connectivity index (χ4n) is 3.63. The van der Waals surface area contributed by atoms with Crippen molar-refractivity contribution >= 4 is 5.97 Å². The zero-order valence-corrected chi connectivity index (χ0v) is 18.5. The average Bonchev–Trinajstić information content (AvgIpc) is 2.85. The second-order valence-electron chi connectivity index (χ2n) is 7.25. The highest BCUT2D eigenvalue weighted by molar-refractivity contribution is 5.69. The Hall–Kier alpha value is -3.35. The second kappa shape index (κ2) is 10.8. The highest BCUT2D eigenvalue weighted by Gasteiger charge is 2.38. The Balaban J connectivity index is 2.13. The average molecular weight is 437 g/mol. The molecule has 32 heavy (non-hydrogen) atoms. The van der Waals surface area contributed by atoms with Gasteiger partial charge in [-0.2, -0.15) is 0 Å². The summed E-state index contributed by atoms with van der Waals surface area (Å²) in [5.41, 5.74) is 1.53. The minimum Gasteiger partial charge on any atom is -0.497 e. The number of esters is 1. The molecule has 0 radical (unpaired) electrons. The van der Waals surface area contributed by atoms with Gasteiger partial charge in [0.05, 0.1) is 40.5 Å². The number of benzene rings is 3. The van der Waals surface area contributed by atoms with Crippen LogP contribution in [0.3, 0.4) is 0 Å². The van der Waals surface area contributed by atoms with Crippen LogP contribution in [0, 0.1) is 0 Å². The molecule has 1 N–H and O–H groups in total. The molecule has 6 heteroatoms. The lowest BCUT2D eigenvalue weighted by Gasteiger charge is -2.36. The quantitative estimate of drug-likeness (QED) is 0.383. The minimum atomic E-state index is -1.04. The van der Waals surface area contributed by atoms with Gasteiger partial charge in [-0.1, -0.05) is 54.6 Å². The molecule has 0 bridgehead atoms. The Morgan fingerprint density at radius 2 is 1.25 bits per heavy atom. The van der Waals surface area contributed by atoms with Crippen LogP contribution in [-0.2, 0) is 19.9 Å². The van der Waals surface area contributed by atoms with Crippen LogP contribution in [0.4, 0.5) is 0 Å². The summed E-state index contributed by atoms with van der Waals surface area (Å²) in [7, 11) is 4.52. The Bertz CT molecular complexity index is 936. The molecule has 3 aromatic carbocycles. The van der Waals surface area contributed by atoms with Crippen molar-refractivity contribution in [1.29, 1.82) is 0 Å². The summed E-state index contributed by atoms with van der Waals surface area (Å²) in [6.07, 6.45) is -1.19. The van der Waals surface area contributed by atoms with Crippen molar-refractivity contribution in [2.75, 3.05) is 27.9 Å². The van der Waals surface area contributed by atoms with Gasteiger partial charge < -0.3 is 24.1 Å². The Labute approximate surface area is 188 Å². The van der Waals surface area contributed by atoms with Crippen LogP contribution < -0.4 is 9.47 Å². The van der Waals surface area contributed by atoms with E-state index in [0.29, 0.717) is 0 Å². The number of aliphatic hydroxyl groups excluding tert-OH is 1. The molecule has 3 aromatic rings. The van der Waals surface area contributed by atoms with E-state index in [1.165, 1.54) is 7.11 Å². The Kier molecular flexibility index (Phi) is 7.87. The van der Waals surface area contributed by atoms with Gasteiger partial charge in [0.15, 0.2) is 0 Å². The predicted molar refractivity (Wildman–Crippen MR) is 121 cm³/mol. The van der Waals surface area contributed by atoms with E-state index in [4.69, 9.17) is 14.2 Å². The standard InChI is InChI=1S/C26H28O6/c1-29-23-13-9-20(10-14-23)26(19-7-5-4-6-8-19,21-11-15-24(30-2)16-12-21)32-18-22(27)17-25(28)31-3/h4-16,22,27H,17-18H2,1-3H3/t22-/m0/s1. The number of carbonyl (C=O) groups is 1. The normalized spacial score (nSPS) is 12.1. The molecule has 0 aliphatic heterocycles. The first-order valence-corrected chi connectivity index (χ1v) is 10.3. The highest BCUT2D eigenvalue weighted by atomic mass is 16.5. The van der Waals surface area contributed by atoms with Crippen molar-refractivity contribution in [3.63, 3.8) is 0 Å². The number of hydrogen-bond donors (Lipinski definition) is 1. The molecule has 0 amide bonds. The van der Waals surface area contributed by atoms with Crippen LogP contribution in [0.5, 0.6) is 11.5 Å². The lowest BCUT2D eigenvalue weighted by Crippen LogP contribution is -2.36. The van der Waals surface area contributed by atoms with Gasteiger partial charge >= 0.3 is 5.97 Å². The van der Waals surface area contributed by atoms with Gasteiger partial charge in [0.1, 0.15) is 17.1 Å². The smallest absolute Gasteiger partial charge is 0.308 e. The fraction of sp³-hybridized carbons (Fsp3) is 0.269. The summed E-state index contributed by atoms with van der Waals surface area (Å²) in [6.45, 7) is -0.0813. The molecule has 0 aliphatic rings. The Morgan fingerprint density at radius 1 is 0.781 bits per heavy atom. The molecule has 168 valence electrons. The maximum absolute atomic E-state index is 11.6. The van der Waals surface area contributed by atoms with Crippen LogP contribution in [0.2, 0.25) is 0 Å². The lowest BCUT2D eigenvalue weighted by molar-refractivity contribution is -0.144. The Morgan fingerprint density at radius 3 is 1.69 bits per heavy atom. The molecule has 1 atom stereocenters. The summed E-state index contributed by atoms with van der Waals surface area (Å²) in [5, 5.41) is 10.5. The summed E-state index contributed by atoms with van der Waals surface area (Å²) in [4.78, 5) is 11.6. The van der Waals surface area contributed by atoms with Crippen molar-refractivity contribution < 1.29 is 28.8 Å². The van der Waals surface area contributed by atoms with Gasteiger partial charge in [-0.05, 0) is 41.0 Å². The third-order valence-corrected chi connectivity index (χ3v) is 5.30. The number of carbonyl (C=O) groups excluding carboxylic acids is 1. The predicted octanol–water partition coefficient (Wildman–Crippen LogP) is 3.94. The first-order chi connectivity index (χ1) is 15.5. The van der Waals surface area contributed by atoms with Crippen molar-refractivity contribution in [1.82, 2.24) is 0 Å². The van der Waals surface area contributed by atoms with Crippen LogP contribution in [0.25, 0.3) is 0 Å². The molecule has 6 nitrogen and oxygen atoms in total. The first-order valence-electron chi connectivity index (χ1n) is 10.3. The third-order valence-electron chi connectivity index (χ3n) is 5.30. The molecule has 0 spiro atoms. The largest absolute Gasteiger partial charge is 0.497 e. The SMILES string of the molecule is COC(=O)C[C@H](O)COC(c1ccccc1)(c1ccc(OC)cc1)c1ccc(OC)cc1. The molecule has 3 rings (SSSR count). The molecule has 0 fully saturated rings. The summed E-state index contributed by atoms with van der Waals surface area (Å²) < 4.78 is 21.8. The number of hydrogen-bond acceptors (Lipinski definition) is 6. The van der Waals surface area contributed by atoms with Gasteiger partial charge in [-0.15, -0.1) is 0 Å². The van der Waals surface area contributed by atoms with Crippen LogP contribution in [0.15, 0.2) is 78.9 Å². The zero-order chi connectivity index (χ0) is 23.0. The van der Waals surface area contributed by atoms with E-state index in [-0.39, 0.29) is 13.0 Å². The maximum atomic E-state index is 11.6. The molecular weight excluding hydrogens is 408 g/mol. The number of ether oxygens (including phenoxy) is 4. The minimum absolute atomic E-state index is 0.0813. The third kappa shape index (κ3) is 5.10. The van der Waals surface area contributed by atoms with E-state index < -0.39 is 17.7 Å². The summed E-state index contributed by atoms with van der Waals surface area (Å²) >= 11 is 0. The van der Waals surface area contributed by atoms with Crippen molar-refractivity contribution in [3.8, 4) is 11.5 Å². The molecule has 0 saturated heterocycles. The summed E-state index contributed by atoms with van der Waals surface area (Å²) in [6, 6.07) is 24.9. The van der Waals surface area contributed by atoms with Gasteiger partial charge in [0, 0.05) is 0 Å². The van der Waals surface area contributed by atoms with E-state index in [2.05, 4.69) is 4.74 Å². The van der Waals surface area contributed by atoms with Gasteiger partial charge in [0.2, 0.25) is 0 Å². The maximum Gasteiger partial charge on any atom is 0.308 e. The van der Waals surface area contributed by atoms with E-state index in [1.54, 1.807) is 14.2 Å². The van der Waals surface area contributed by atoms with E-state index in [9.17, 15) is 9.90 Å².